The van der Waals surface area contributed by atoms with Gasteiger partial charge in [0.25, 0.3) is 0 Å². The maximum absolute atomic E-state index is 12.0. The molecule has 2 rings (SSSR count). The van der Waals surface area contributed by atoms with Gasteiger partial charge in [-0.25, -0.2) is 9.59 Å². The van der Waals surface area contributed by atoms with Gasteiger partial charge < -0.3 is 38.6 Å². The first-order valence-corrected chi connectivity index (χ1v) is 11.5. The predicted octanol–water partition coefficient (Wildman–Crippen LogP) is 1.73. The summed E-state index contributed by atoms with van der Waals surface area (Å²) >= 11 is 0. The molecule has 0 amide bonds. The van der Waals surface area contributed by atoms with E-state index in [1.807, 2.05) is 13.0 Å². The zero-order valence-electron chi connectivity index (χ0n) is 22.0. The monoisotopic (exact) mass is 532 g/mol. The predicted molar refractivity (Wildman–Crippen MR) is 136 cm³/mol. The van der Waals surface area contributed by atoms with Gasteiger partial charge in [-0.2, -0.15) is 0 Å². The molecule has 2 aromatic rings. The van der Waals surface area contributed by atoms with E-state index in [-0.39, 0.29) is 26.3 Å². The molecule has 38 heavy (non-hydrogen) atoms. The average molecular weight is 533 g/mol. The van der Waals surface area contributed by atoms with Crippen molar-refractivity contribution >= 4 is 35.3 Å². The van der Waals surface area contributed by atoms with Crippen molar-refractivity contribution in [2.24, 2.45) is 0 Å². The van der Waals surface area contributed by atoms with E-state index in [0.29, 0.717) is 22.9 Å². The van der Waals surface area contributed by atoms with Gasteiger partial charge in [0.15, 0.2) is 0 Å². The van der Waals surface area contributed by atoms with Crippen LogP contribution in [0.3, 0.4) is 0 Å². The number of hydrogen-bond acceptors (Lipinski definition) is 12. The quantitative estimate of drug-likeness (QED) is 0.164. The van der Waals surface area contributed by atoms with E-state index in [1.54, 1.807) is 36.4 Å². The van der Waals surface area contributed by atoms with Crippen LogP contribution in [-0.4, -0.2) is 84.7 Å². The number of benzene rings is 2. The lowest BCUT2D eigenvalue weighted by Gasteiger charge is -2.25. The number of hydrogen-bond donors (Lipinski definition) is 1. The minimum absolute atomic E-state index is 0.0845. The van der Waals surface area contributed by atoms with Crippen LogP contribution in [0.4, 0.5) is 11.4 Å². The Labute approximate surface area is 220 Å². The summed E-state index contributed by atoms with van der Waals surface area (Å²) in [5, 5.41) is 2.78. The molecule has 0 aliphatic carbocycles. The summed E-state index contributed by atoms with van der Waals surface area (Å²) in [6.07, 6.45) is 0. The SMILES string of the molecule is COC(=O)CN(CC(=O)OC)c1ccc(C)cc1OCCOc1ccccc1NC(C(=O)OC)C(=O)OC. The molecule has 12 heteroatoms. The van der Waals surface area contributed by atoms with E-state index < -0.39 is 29.9 Å². The second kappa shape index (κ2) is 14.9. The van der Waals surface area contributed by atoms with E-state index in [4.69, 9.17) is 18.9 Å². The van der Waals surface area contributed by atoms with Gasteiger partial charge >= 0.3 is 23.9 Å². The highest BCUT2D eigenvalue weighted by atomic mass is 16.6. The van der Waals surface area contributed by atoms with Crippen LogP contribution in [0.1, 0.15) is 5.56 Å². The first-order chi connectivity index (χ1) is 18.2. The molecule has 0 bridgehead atoms. The summed E-state index contributed by atoms with van der Waals surface area (Å²) in [5.41, 5.74) is 1.76. The van der Waals surface area contributed by atoms with Crippen molar-refractivity contribution in [1.29, 1.82) is 0 Å². The molecule has 0 saturated carbocycles. The Balaban J connectivity index is 2.14. The van der Waals surface area contributed by atoms with E-state index in [2.05, 4.69) is 14.8 Å². The number of aryl methyl sites for hydroxylation is 1. The van der Waals surface area contributed by atoms with Gasteiger partial charge in [0.1, 0.15) is 37.8 Å². The van der Waals surface area contributed by atoms with Crippen molar-refractivity contribution in [1.82, 2.24) is 0 Å². The lowest BCUT2D eigenvalue weighted by atomic mass is 10.2. The van der Waals surface area contributed by atoms with Crippen LogP contribution in [0, 0.1) is 6.92 Å². The number of methoxy groups -OCH3 is 4. The van der Waals surface area contributed by atoms with E-state index in [9.17, 15) is 19.2 Å². The topological polar surface area (TPSA) is 139 Å². The molecule has 0 atom stereocenters. The Kier molecular flexibility index (Phi) is 11.7. The molecule has 12 nitrogen and oxygen atoms in total. The second-order valence-electron chi connectivity index (χ2n) is 7.80. The standard InChI is InChI=1S/C26H32N2O10/c1-17-10-11-19(28(15-22(29)33-2)16-23(30)34-3)21(14-17)38-13-12-37-20-9-7-6-8-18(20)27-24(25(31)35-4)26(32)36-5/h6-11,14,24,27H,12-13,15-16H2,1-5H3. The highest BCUT2D eigenvalue weighted by Crippen LogP contribution is 2.30. The highest BCUT2D eigenvalue weighted by Gasteiger charge is 2.29. The summed E-state index contributed by atoms with van der Waals surface area (Å²) in [7, 11) is 4.84. The zero-order valence-corrected chi connectivity index (χ0v) is 22.0. The smallest absolute Gasteiger partial charge is 0.340 e. The molecule has 0 aliphatic rings. The minimum Gasteiger partial charge on any atom is -0.488 e. The van der Waals surface area contributed by atoms with Crippen LogP contribution in [0.15, 0.2) is 42.5 Å². The van der Waals surface area contributed by atoms with Gasteiger partial charge in [-0.1, -0.05) is 18.2 Å². The number of carbonyl (C=O) groups is 4. The third kappa shape index (κ3) is 8.57. The van der Waals surface area contributed by atoms with Gasteiger partial charge in [0, 0.05) is 0 Å². The molecule has 1 N–H and O–H groups in total. The maximum atomic E-state index is 12.0. The first-order valence-electron chi connectivity index (χ1n) is 11.5. The van der Waals surface area contributed by atoms with Crippen molar-refractivity contribution in [2.75, 3.05) is 65.0 Å². The van der Waals surface area contributed by atoms with Crippen LogP contribution in [0.2, 0.25) is 0 Å². The fraction of sp³-hybridized carbons (Fsp3) is 0.385. The largest absolute Gasteiger partial charge is 0.488 e. The van der Waals surface area contributed by atoms with Gasteiger partial charge in [-0.15, -0.1) is 0 Å². The van der Waals surface area contributed by atoms with Gasteiger partial charge in [-0.3, -0.25) is 9.59 Å². The van der Waals surface area contributed by atoms with Crippen molar-refractivity contribution in [3.63, 3.8) is 0 Å². The summed E-state index contributed by atoms with van der Waals surface area (Å²) in [4.78, 5) is 49.4. The number of esters is 4. The summed E-state index contributed by atoms with van der Waals surface area (Å²) in [5.74, 6) is -1.92. The molecule has 206 valence electrons. The van der Waals surface area contributed by atoms with Crippen molar-refractivity contribution in [3.8, 4) is 11.5 Å². The molecule has 0 spiro atoms. The van der Waals surface area contributed by atoms with Crippen LogP contribution in [0.25, 0.3) is 0 Å². The number of carbonyl (C=O) groups excluding carboxylic acids is 4. The number of ether oxygens (including phenoxy) is 6. The first kappa shape index (κ1) is 29.7. The lowest BCUT2D eigenvalue weighted by molar-refractivity contribution is -0.153. The lowest BCUT2D eigenvalue weighted by Crippen LogP contribution is -2.39. The summed E-state index contributed by atoms with van der Waals surface area (Å²) < 4.78 is 30.6. The molecule has 0 heterocycles. The Morgan fingerprint density at radius 1 is 0.763 bits per heavy atom. The van der Waals surface area contributed by atoms with Crippen LogP contribution >= 0.6 is 0 Å². The minimum atomic E-state index is -1.38. The van der Waals surface area contributed by atoms with Gasteiger partial charge in [-0.05, 0) is 36.8 Å². The van der Waals surface area contributed by atoms with Crippen molar-refractivity contribution < 1.29 is 47.6 Å². The van der Waals surface area contributed by atoms with Gasteiger partial charge in [0.05, 0.1) is 39.8 Å². The van der Waals surface area contributed by atoms with Crippen LogP contribution in [0.5, 0.6) is 11.5 Å². The molecule has 0 radical (unpaired) electrons. The molecular formula is C26H32N2O10. The van der Waals surface area contributed by atoms with Crippen molar-refractivity contribution in [3.05, 3.63) is 48.0 Å². The Morgan fingerprint density at radius 3 is 1.87 bits per heavy atom. The molecule has 2 aromatic carbocycles. The summed E-state index contributed by atoms with van der Waals surface area (Å²) in [6, 6.07) is 10.7. The van der Waals surface area contributed by atoms with E-state index in [1.165, 1.54) is 19.1 Å². The van der Waals surface area contributed by atoms with Crippen LogP contribution < -0.4 is 19.7 Å². The number of para-hydroxylation sites is 2. The number of rotatable bonds is 14. The maximum Gasteiger partial charge on any atom is 0.340 e. The Morgan fingerprint density at radius 2 is 1.32 bits per heavy atom. The van der Waals surface area contributed by atoms with Gasteiger partial charge in [0.2, 0.25) is 6.04 Å². The van der Waals surface area contributed by atoms with Crippen molar-refractivity contribution in [2.45, 2.75) is 13.0 Å². The molecular weight excluding hydrogens is 500 g/mol. The highest BCUT2D eigenvalue weighted by molar-refractivity contribution is 6.02. The zero-order chi connectivity index (χ0) is 28.1. The normalized spacial score (nSPS) is 10.3. The third-order valence-corrected chi connectivity index (χ3v) is 5.21. The fourth-order valence-corrected chi connectivity index (χ4v) is 3.29. The Hall–Kier alpha value is -4.48. The second-order valence-corrected chi connectivity index (χ2v) is 7.80. The number of anilines is 2. The molecule has 0 aromatic heterocycles. The van der Waals surface area contributed by atoms with E-state index >= 15 is 0 Å². The summed E-state index contributed by atoms with van der Waals surface area (Å²) in [6.45, 7) is 1.66. The number of nitrogens with one attached hydrogen (secondary N) is 1. The molecule has 0 unspecified atom stereocenters. The molecule has 0 aliphatic heterocycles. The third-order valence-electron chi connectivity index (χ3n) is 5.21. The number of nitrogens with zero attached hydrogens (tertiary/aromatic N) is 1. The molecule has 0 saturated heterocycles. The average Bonchev–Trinajstić information content (AvgIpc) is 2.93. The Bertz CT molecular complexity index is 1090. The van der Waals surface area contributed by atoms with Crippen LogP contribution in [-0.2, 0) is 38.1 Å². The molecule has 0 fully saturated rings. The van der Waals surface area contributed by atoms with E-state index in [0.717, 1.165) is 19.8 Å². The fourth-order valence-electron chi connectivity index (χ4n) is 3.29.